The van der Waals surface area contributed by atoms with Crippen LogP contribution in [0.15, 0.2) is 24.5 Å². The molecule has 0 aliphatic carbocycles. The Bertz CT molecular complexity index is 625. The number of aromatic nitrogens is 2. The van der Waals surface area contributed by atoms with E-state index in [0.29, 0.717) is 12.0 Å². The number of nitrogens with two attached hydrogens (primary N) is 1. The standard InChI is InChI=1S/C16H23N5/c1-11(2)21-6-5-12(9-21)8-18-16-14-7-13(17)3-4-15(14)19-10-20-16/h3-4,7,10-12H,5-6,8-9,17H2,1-2H3,(H,18,19,20). The molecule has 0 amide bonds. The summed E-state index contributed by atoms with van der Waals surface area (Å²) in [6.45, 7) is 7.83. The highest BCUT2D eigenvalue weighted by molar-refractivity contribution is 5.91. The first-order valence-corrected chi connectivity index (χ1v) is 7.61. The van der Waals surface area contributed by atoms with Crippen molar-refractivity contribution >= 4 is 22.4 Å². The molecule has 5 heteroatoms. The predicted molar refractivity (Wildman–Crippen MR) is 87.3 cm³/mol. The molecule has 5 nitrogen and oxygen atoms in total. The summed E-state index contributed by atoms with van der Waals surface area (Å²) in [5.74, 6) is 1.56. The van der Waals surface area contributed by atoms with Crippen molar-refractivity contribution in [3.05, 3.63) is 24.5 Å². The van der Waals surface area contributed by atoms with E-state index >= 15 is 0 Å². The average Bonchev–Trinajstić information content (AvgIpc) is 2.94. The van der Waals surface area contributed by atoms with E-state index < -0.39 is 0 Å². The van der Waals surface area contributed by atoms with Gasteiger partial charge in [-0.15, -0.1) is 0 Å². The van der Waals surface area contributed by atoms with Gasteiger partial charge < -0.3 is 16.0 Å². The third-order valence-electron chi connectivity index (χ3n) is 4.27. The van der Waals surface area contributed by atoms with Gasteiger partial charge in [0.1, 0.15) is 12.1 Å². The summed E-state index contributed by atoms with van der Waals surface area (Å²) in [5, 5.41) is 4.48. The van der Waals surface area contributed by atoms with Crippen molar-refractivity contribution in [2.45, 2.75) is 26.3 Å². The molecule has 1 aromatic heterocycles. The second-order valence-electron chi connectivity index (χ2n) is 6.12. The largest absolute Gasteiger partial charge is 0.399 e. The number of benzene rings is 1. The smallest absolute Gasteiger partial charge is 0.137 e. The van der Waals surface area contributed by atoms with Crippen LogP contribution in [0.2, 0.25) is 0 Å². The minimum absolute atomic E-state index is 0.634. The minimum atomic E-state index is 0.634. The van der Waals surface area contributed by atoms with Crippen LogP contribution in [0.3, 0.4) is 0 Å². The first-order valence-electron chi connectivity index (χ1n) is 7.61. The second kappa shape index (κ2) is 5.85. The van der Waals surface area contributed by atoms with E-state index in [1.165, 1.54) is 13.0 Å². The number of nitrogens with zero attached hydrogens (tertiary/aromatic N) is 3. The molecule has 1 aliphatic rings. The first kappa shape index (κ1) is 14.1. The molecule has 0 saturated carbocycles. The van der Waals surface area contributed by atoms with Gasteiger partial charge in [0.25, 0.3) is 0 Å². The van der Waals surface area contributed by atoms with Gasteiger partial charge in [-0.1, -0.05) is 0 Å². The fourth-order valence-corrected chi connectivity index (χ4v) is 2.95. The van der Waals surface area contributed by atoms with Crippen molar-refractivity contribution in [3.63, 3.8) is 0 Å². The molecule has 1 aliphatic heterocycles. The maximum Gasteiger partial charge on any atom is 0.137 e. The lowest BCUT2D eigenvalue weighted by atomic mass is 10.1. The number of hydrogen-bond donors (Lipinski definition) is 2. The fourth-order valence-electron chi connectivity index (χ4n) is 2.95. The Labute approximate surface area is 125 Å². The lowest BCUT2D eigenvalue weighted by Crippen LogP contribution is -2.29. The Morgan fingerprint density at radius 1 is 1.38 bits per heavy atom. The number of fused-ring (bicyclic) bond motifs is 1. The van der Waals surface area contributed by atoms with Crippen molar-refractivity contribution in [1.29, 1.82) is 0 Å². The van der Waals surface area contributed by atoms with Crippen LogP contribution in [-0.4, -0.2) is 40.5 Å². The highest BCUT2D eigenvalue weighted by atomic mass is 15.2. The van der Waals surface area contributed by atoms with Gasteiger partial charge >= 0.3 is 0 Å². The van der Waals surface area contributed by atoms with Crippen LogP contribution in [0.5, 0.6) is 0 Å². The quantitative estimate of drug-likeness (QED) is 0.844. The minimum Gasteiger partial charge on any atom is -0.399 e. The van der Waals surface area contributed by atoms with E-state index in [1.54, 1.807) is 6.33 Å². The predicted octanol–water partition coefficient (Wildman–Crippen LogP) is 2.35. The molecule has 0 radical (unpaired) electrons. The molecule has 2 heterocycles. The lowest BCUT2D eigenvalue weighted by molar-refractivity contribution is 0.266. The van der Waals surface area contributed by atoms with Gasteiger partial charge in [-0.2, -0.15) is 0 Å². The van der Waals surface area contributed by atoms with Crippen molar-refractivity contribution in [1.82, 2.24) is 14.9 Å². The molecule has 1 saturated heterocycles. The lowest BCUT2D eigenvalue weighted by Gasteiger charge is -2.20. The van der Waals surface area contributed by atoms with Crippen LogP contribution in [0.25, 0.3) is 10.9 Å². The average molecular weight is 285 g/mol. The number of rotatable bonds is 4. The topological polar surface area (TPSA) is 67.1 Å². The zero-order valence-electron chi connectivity index (χ0n) is 12.7. The van der Waals surface area contributed by atoms with Gasteiger partial charge in [0.05, 0.1) is 5.52 Å². The normalized spacial score (nSPS) is 19.5. The Balaban J connectivity index is 1.70. The summed E-state index contributed by atoms with van der Waals surface area (Å²) in [6.07, 6.45) is 2.85. The van der Waals surface area contributed by atoms with Crippen LogP contribution in [-0.2, 0) is 0 Å². The SMILES string of the molecule is CC(C)N1CCC(CNc2ncnc3ccc(N)cc23)C1. The molecule has 1 fully saturated rings. The molecule has 2 aromatic rings. The van der Waals surface area contributed by atoms with Crippen molar-refractivity contribution in [2.75, 3.05) is 30.7 Å². The van der Waals surface area contributed by atoms with Gasteiger partial charge in [0.2, 0.25) is 0 Å². The number of hydrogen-bond acceptors (Lipinski definition) is 5. The van der Waals surface area contributed by atoms with E-state index in [2.05, 4.69) is 34.0 Å². The molecule has 0 bridgehead atoms. The maximum atomic E-state index is 5.87. The molecule has 0 spiro atoms. The summed E-state index contributed by atoms with van der Waals surface area (Å²) < 4.78 is 0. The van der Waals surface area contributed by atoms with Crippen molar-refractivity contribution < 1.29 is 0 Å². The number of nitrogen functional groups attached to an aromatic ring is 1. The van der Waals surface area contributed by atoms with Gasteiger partial charge in [0, 0.05) is 30.2 Å². The molecule has 1 atom stereocenters. The van der Waals surface area contributed by atoms with Gasteiger partial charge in [-0.05, 0) is 50.9 Å². The number of anilines is 2. The third kappa shape index (κ3) is 3.08. The summed E-state index contributed by atoms with van der Waals surface area (Å²) in [5.41, 5.74) is 7.54. The van der Waals surface area contributed by atoms with E-state index in [1.807, 2.05) is 18.2 Å². The van der Waals surface area contributed by atoms with E-state index in [-0.39, 0.29) is 0 Å². The monoisotopic (exact) mass is 285 g/mol. The van der Waals surface area contributed by atoms with Crippen LogP contribution < -0.4 is 11.1 Å². The molecule has 1 unspecified atom stereocenters. The number of nitrogens with one attached hydrogen (secondary N) is 1. The molecule has 1 aromatic carbocycles. The van der Waals surface area contributed by atoms with Crippen LogP contribution in [0.4, 0.5) is 11.5 Å². The van der Waals surface area contributed by atoms with Crippen LogP contribution in [0, 0.1) is 5.92 Å². The van der Waals surface area contributed by atoms with Crippen LogP contribution >= 0.6 is 0 Å². The Kier molecular flexibility index (Phi) is 3.92. The summed E-state index contributed by atoms with van der Waals surface area (Å²) >= 11 is 0. The van der Waals surface area contributed by atoms with Gasteiger partial charge in [0.15, 0.2) is 0 Å². The Morgan fingerprint density at radius 3 is 3.00 bits per heavy atom. The van der Waals surface area contributed by atoms with Crippen molar-refractivity contribution in [2.24, 2.45) is 5.92 Å². The summed E-state index contributed by atoms with van der Waals surface area (Å²) in [6, 6.07) is 6.38. The van der Waals surface area contributed by atoms with Gasteiger partial charge in [-0.3, -0.25) is 0 Å². The zero-order valence-corrected chi connectivity index (χ0v) is 12.7. The molecular formula is C16H23N5. The van der Waals surface area contributed by atoms with E-state index in [0.717, 1.165) is 35.5 Å². The molecule has 3 rings (SSSR count). The zero-order chi connectivity index (χ0) is 14.8. The fraction of sp³-hybridized carbons (Fsp3) is 0.500. The van der Waals surface area contributed by atoms with Crippen LogP contribution in [0.1, 0.15) is 20.3 Å². The highest BCUT2D eigenvalue weighted by Crippen LogP contribution is 2.23. The number of likely N-dealkylation sites (tertiary alicyclic amines) is 1. The Morgan fingerprint density at radius 2 is 2.24 bits per heavy atom. The molecule has 21 heavy (non-hydrogen) atoms. The third-order valence-corrected chi connectivity index (χ3v) is 4.27. The van der Waals surface area contributed by atoms with Gasteiger partial charge in [-0.25, -0.2) is 9.97 Å². The molecular weight excluding hydrogens is 262 g/mol. The summed E-state index contributed by atoms with van der Waals surface area (Å²) in [4.78, 5) is 11.2. The second-order valence-corrected chi connectivity index (χ2v) is 6.12. The van der Waals surface area contributed by atoms with E-state index in [4.69, 9.17) is 5.73 Å². The van der Waals surface area contributed by atoms with E-state index in [9.17, 15) is 0 Å². The highest BCUT2D eigenvalue weighted by Gasteiger charge is 2.24. The molecule has 112 valence electrons. The molecule has 3 N–H and O–H groups in total. The maximum absolute atomic E-state index is 5.87. The first-order chi connectivity index (χ1) is 10.1. The Hall–Kier alpha value is -1.88. The summed E-state index contributed by atoms with van der Waals surface area (Å²) in [7, 11) is 0. The van der Waals surface area contributed by atoms with Crippen molar-refractivity contribution in [3.8, 4) is 0 Å².